The monoisotopic (exact) mass is 319 g/mol. The number of ether oxygens (including phenoxy) is 1. The molecule has 4 nitrogen and oxygen atoms in total. The Kier molecular flexibility index (Phi) is 4.05. The number of aryl methyl sites for hydroxylation is 1. The van der Waals surface area contributed by atoms with Crippen molar-refractivity contribution >= 4 is 17.1 Å². The second-order valence-electron chi connectivity index (χ2n) is 6.02. The normalized spacial score (nSPS) is 15.5. The van der Waals surface area contributed by atoms with Crippen LogP contribution in [-0.2, 0) is 11.8 Å². The van der Waals surface area contributed by atoms with E-state index >= 15 is 0 Å². The van der Waals surface area contributed by atoms with Crippen LogP contribution in [0.2, 0.25) is 0 Å². The van der Waals surface area contributed by atoms with E-state index in [1.165, 1.54) is 27.7 Å². The van der Waals surface area contributed by atoms with Crippen LogP contribution in [0.4, 0.5) is 0 Å². The molecule has 3 aromatic rings. The number of para-hydroxylation sites is 1. The standard InChI is InChI=1S/C20H21N3O/c1-22-19-10-6-5-9-17(19)18(15-21-23-11-13-24-14-12-23)20(22)16-7-3-2-4-8-16/h2-10,15H,11-14H2,1H3/b21-15-. The molecule has 0 bridgehead atoms. The van der Waals surface area contributed by atoms with Crippen molar-refractivity contribution in [3.05, 3.63) is 60.2 Å². The summed E-state index contributed by atoms with van der Waals surface area (Å²) in [6, 6.07) is 19.0. The molecule has 4 heteroatoms. The maximum absolute atomic E-state index is 5.40. The molecule has 4 rings (SSSR count). The van der Waals surface area contributed by atoms with Gasteiger partial charge in [-0.05, 0) is 11.6 Å². The minimum absolute atomic E-state index is 0.748. The van der Waals surface area contributed by atoms with Gasteiger partial charge in [0.2, 0.25) is 0 Å². The lowest BCUT2D eigenvalue weighted by molar-refractivity contribution is 0.0397. The molecule has 1 fully saturated rings. The number of nitrogens with zero attached hydrogens (tertiary/aromatic N) is 3. The number of aromatic nitrogens is 1. The van der Waals surface area contributed by atoms with Crippen molar-refractivity contribution in [3.8, 4) is 11.3 Å². The third kappa shape index (κ3) is 2.69. The molecule has 2 aromatic carbocycles. The first-order valence-corrected chi connectivity index (χ1v) is 8.34. The van der Waals surface area contributed by atoms with Crippen LogP contribution in [0.5, 0.6) is 0 Å². The fraction of sp³-hybridized carbons (Fsp3) is 0.250. The highest BCUT2D eigenvalue weighted by Gasteiger charge is 2.15. The fourth-order valence-electron chi connectivity index (χ4n) is 3.31. The van der Waals surface area contributed by atoms with Gasteiger partial charge in [-0.1, -0.05) is 48.5 Å². The zero-order valence-electron chi connectivity index (χ0n) is 13.9. The largest absolute Gasteiger partial charge is 0.378 e. The topological polar surface area (TPSA) is 29.8 Å². The highest BCUT2D eigenvalue weighted by atomic mass is 16.5. The molecule has 0 unspecified atom stereocenters. The summed E-state index contributed by atoms with van der Waals surface area (Å²) in [4.78, 5) is 0. The van der Waals surface area contributed by atoms with E-state index in [2.05, 4.69) is 65.2 Å². The lowest BCUT2D eigenvalue weighted by Gasteiger charge is -2.23. The minimum Gasteiger partial charge on any atom is -0.378 e. The number of morpholine rings is 1. The van der Waals surface area contributed by atoms with Gasteiger partial charge in [0.15, 0.2) is 0 Å². The predicted octanol–water partition coefficient (Wildman–Crippen LogP) is 3.51. The Hall–Kier alpha value is -2.59. The average molecular weight is 319 g/mol. The second-order valence-corrected chi connectivity index (χ2v) is 6.02. The van der Waals surface area contributed by atoms with E-state index in [-0.39, 0.29) is 0 Å². The van der Waals surface area contributed by atoms with Crippen LogP contribution in [0, 0.1) is 0 Å². The van der Waals surface area contributed by atoms with Gasteiger partial charge in [0.05, 0.1) is 38.2 Å². The molecule has 0 radical (unpaired) electrons. The summed E-state index contributed by atoms with van der Waals surface area (Å²) >= 11 is 0. The molecule has 0 spiro atoms. The van der Waals surface area contributed by atoms with Crippen molar-refractivity contribution in [1.82, 2.24) is 9.58 Å². The smallest absolute Gasteiger partial charge is 0.0659 e. The van der Waals surface area contributed by atoms with Crippen LogP contribution in [0.3, 0.4) is 0 Å². The van der Waals surface area contributed by atoms with Gasteiger partial charge in [-0.25, -0.2) is 0 Å². The van der Waals surface area contributed by atoms with Gasteiger partial charge in [-0.2, -0.15) is 5.10 Å². The molecule has 0 aliphatic carbocycles. The van der Waals surface area contributed by atoms with Crippen LogP contribution in [0.25, 0.3) is 22.2 Å². The van der Waals surface area contributed by atoms with Crippen molar-refractivity contribution in [2.75, 3.05) is 26.3 Å². The van der Waals surface area contributed by atoms with Crippen LogP contribution in [0.1, 0.15) is 5.56 Å². The summed E-state index contributed by atoms with van der Waals surface area (Å²) in [6.07, 6.45) is 2.01. The number of hydrogen-bond acceptors (Lipinski definition) is 3. The molecule has 1 aliphatic heterocycles. The Labute approximate surface area is 142 Å². The molecule has 1 aromatic heterocycles. The summed E-state index contributed by atoms with van der Waals surface area (Å²) in [7, 11) is 2.12. The van der Waals surface area contributed by atoms with Crippen LogP contribution in [-0.4, -0.2) is 42.1 Å². The lowest BCUT2D eigenvalue weighted by Crippen LogP contribution is -2.32. The quantitative estimate of drug-likeness (QED) is 0.692. The first-order chi connectivity index (χ1) is 11.8. The SMILES string of the molecule is Cn1c(-c2ccccc2)c(/C=N\N2CCOCC2)c2ccccc21. The van der Waals surface area contributed by atoms with E-state index < -0.39 is 0 Å². The van der Waals surface area contributed by atoms with E-state index in [1.54, 1.807) is 0 Å². The van der Waals surface area contributed by atoms with E-state index in [1.807, 2.05) is 12.3 Å². The van der Waals surface area contributed by atoms with Gasteiger partial charge in [-0.3, -0.25) is 5.01 Å². The molecular formula is C20H21N3O. The summed E-state index contributed by atoms with van der Waals surface area (Å²) in [5.41, 5.74) is 4.80. The Morgan fingerprint density at radius 3 is 2.46 bits per heavy atom. The number of benzene rings is 2. The lowest BCUT2D eigenvalue weighted by atomic mass is 10.1. The van der Waals surface area contributed by atoms with E-state index in [4.69, 9.17) is 9.84 Å². The number of hydrazone groups is 1. The second kappa shape index (κ2) is 6.49. The van der Waals surface area contributed by atoms with Gasteiger partial charge in [0.25, 0.3) is 0 Å². The van der Waals surface area contributed by atoms with E-state index in [9.17, 15) is 0 Å². The molecule has 0 N–H and O–H groups in total. The molecule has 0 atom stereocenters. The fourth-order valence-corrected chi connectivity index (χ4v) is 3.31. The molecule has 1 aliphatic rings. The third-order valence-electron chi connectivity index (χ3n) is 4.53. The van der Waals surface area contributed by atoms with E-state index in [0.29, 0.717) is 0 Å². The number of fused-ring (bicyclic) bond motifs is 1. The molecule has 24 heavy (non-hydrogen) atoms. The summed E-state index contributed by atoms with van der Waals surface area (Å²) in [5, 5.41) is 8.03. The average Bonchev–Trinajstić information content (AvgIpc) is 2.94. The van der Waals surface area contributed by atoms with Crippen molar-refractivity contribution in [2.24, 2.45) is 12.1 Å². The Balaban J connectivity index is 1.84. The molecule has 1 saturated heterocycles. The first-order valence-electron chi connectivity index (χ1n) is 8.34. The first kappa shape index (κ1) is 15.0. The van der Waals surface area contributed by atoms with Crippen LogP contribution >= 0.6 is 0 Å². The van der Waals surface area contributed by atoms with E-state index in [0.717, 1.165) is 26.3 Å². The molecule has 0 saturated carbocycles. The number of rotatable bonds is 3. The summed E-state index contributed by atoms with van der Waals surface area (Å²) < 4.78 is 7.65. The molecule has 2 heterocycles. The minimum atomic E-state index is 0.748. The Morgan fingerprint density at radius 2 is 1.67 bits per heavy atom. The Morgan fingerprint density at radius 1 is 0.958 bits per heavy atom. The Bertz CT molecular complexity index is 861. The van der Waals surface area contributed by atoms with Crippen molar-refractivity contribution in [2.45, 2.75) is 0 Å². The molecular weight excluding hydrogens is 298 g/mol. The maximum Gasteiger partial charge on any atom is 0.0659 e. The van der Waals surface area contributed by atoms with Gasteiger partial charge in [0, 0.05) is 23.5 Å². The predicted molar refractivity (Wildman–Crippen MR) is 98.3 cm³/mol. The zero-order valence-corrected chi connectivity index (χ0v) is 13.9. The van der Waals surface area contributed by atoms with Crippen molar-refractivity contribution < 1.29 is 4.74 Å². The van der Waals surface area contributed by atoms with Gasteiger partial charge in [-0.15, -0.1) is 0 Å². The molecule has 0 amide bonds. The van der Waals surface area contributed by atoms with Gasteiger partial charge in [0.1, 0.15) is 0 Å². The number of hydrogen-bond donors (Lipinski definition) is 0. The maximum atomic E-state index is 5.40. The zero-order chi connectivity index (χ0) is 16.4. The highest BCUT2D eigenvalue weighted by Crippen LogP contribution is 2.31. The summed E-state index contributed by atoms with van der Waals surface area (Å²) in [5.74, 6) is 0. The molecule has 122 valence electrons. The van der Waals surface area contributed by atoms with Gasteiger partial charge >= 0.3 is 0 Å². The van der Waals surface area contributed by atoms with Crippen LogP contribution < -0.4 is 0 Å². The van der Waals surface area contributed by atoms with Crippen LogP contribution in [0.15, 0.2) is 59.7 Å². The highest BCUT2D eigenvalue weighted by molar-refractivity contribution is 6.06. The third-order valence-corrected chi connectivity index (χ3v) is 4.53. The van der Waals surface area contributed by atoms with Crippen molar-refractivity contribution in [1.29, 1.82) is 0 Å². The van der Waals surface area contributed by atoms with Crippen molar-refractivity contribution in [3.63, 3.8) is 0 Å². The van der Waals surface area contributed by atoms with Gasteiger partial charge < -0.3 is 9.30 Å². The summed E-state index contributed by atoms with van der Waals surface area (Å²) in [6.45, 7) is 3.20.